The number of para-hydroxylation sites is 1. The van der Waals surface area contributed by atoms with Gasteiger partial charge in [-0.15, -0.1) is 0 Å². The summed E-state index contributed by atoms with van der Waals surface area (Å²) < 4.78 is 5.08. The number of hydrogen-bond acceptors (Lipinski definition) is 4. The molecule has 0 aliphatic carbocycles. The van der Waals surface area contributed by atoms with Crippen LogP contribution in [0.4, 0.5) is 11.5 Å². The van der Waals surface area contributed by atoms with Gasteiger partial charge in [0.2, 0.25) is 0 Å². The Labute approximate surface area is 127 Å². The molecule has 0 saturated carbocycles. The van der Waals surface area contributed by atoms with Gasteiger partial charge in [-0.25, -0.2) is 4.98 Å². The second-order valence-electron chi connectivity index (χ2n) is 4.80. The second kappa shape index (κ2) is 5.73. The number of carbonyl (C=O) groups is 1. The van der Waals surface area contributed by atoms with Gasteiger partial charge >= 0.3 is 0 Å². The number of hydrogen-bond donors (Lipinski definition) is 2. The van der Waals surface area contributed by atoms with E-state index < -0.39 is 0 Å². The van der Waals surface area contributed by atoms with Gasteiger partial charge in [-0.1, -0.05) is 18.2 Å². The van der Waals surface area contributed by atoms with E-state index in [1.165, 1.54) is 0 Å². The number of nitrogens with one attached hydrogen (secondary N) is 1. The van der Waals surface area contributed by atoms with Crippen molar-refractivity contribution >= 4 is 28.3 Å². The molecule has 1 aromatic heterocycles. The van der Waals surface area contributed by atoms with E-state index in [-0.39, 0.29) is 11.7 Å². The van der Waals surface area contributed by atoms with E-state index >= 15 is 0 Å². The third-order valence-corrected chi connectivity index (χ3v) is 3.35. The Morgan fingerprint density at radius 1 is 1.14 bits per heavy atom. The van der Waals surface area contributed by atoms with Crippen molar-refractivity contribution in [2.24, 2.45) is 0 Å². The van der Waals surface area contributed by atoms with Gasteiger partial charge in [-0.2, -0.15) is 0 Å². The second-order valence-corrected chi connectivity index (χ2v) is 4.80. The molecular weight excluding hydrogens is 278 g/mol. The van der Waals surface area contributed by atoms with Gasteiger partial charge in [0, 0.05) is 11.1 Å². The smallest absolute Gasteiger partial charge is 0.259 e. The van der Waals surface area contributed by atoms with E-state index in [0.29, 0.717) is 11.3 Å². The number of nitrogens with two attached hydrogens (primary N) is 1. The first kappa shape index (κ1) is 13.9. The molecule has 1 amide bonds. The van der Waals surface area contributed by atoms with E-state index in [2.05, 4.69) is 10.3 Å². The molecule has 22 heavy (non-hydrogen) atoms. The third kappa shape index (κ3) is 2.69. The summed E-state index contributed by atoms with van der Waals surface area (Å²) in [6, 6.07) is 16.4. The van der Waals surface area contributed by atoms with Crippen LogP contribution in [0.25, 0.3) is 10.9 Å². The molecule has 0 saturated heterocycles. The molecule has 0 bridgehead atoms. The van der Waals surface area contributed by atoms with E-state index in [0.717, 1.165) is 16.7 Å². The SMILES string of the molecule is COc1ccc(NC(=O)c2cc3ccccc3nc2N)cc1. The maximum Gasteiger partial charge on any atom is 0.259 e. The summed E-state index contributed by atoms with van der Waals surface area (Å²) in [7, 11) is 1.59. The minimum Gasteiger partial charge on any atom is -0.497 e. The summed E-state index contributed by atoms with van der Waals surface area (Å²) in [5.74, 6) is 0.649. The molecule has 1 heterocycles. The molecule has 5 nitrogen and oxygen atoms in total. The minimum atomic E-state index is -0.291. The fourth-order valence-electron chi connectivity index (χ4n) is 2.19. The maximum absolute atomic E-state index is 12.4. The van der Waals surface area contributed by atoms with E-state index in [1.807, 2.05) is 24.3 Å². The number of nitrogens with zero attached hydrogens (tertiary/aromatic N) is 1. The van der Waals surface area contributed by atoms with Crippen molar-refractivity contribution in [2.45, 2.75) is 0 Å². The molecular formula is C17H15N3O2. The van der Waals surface area contributed by atoms with Gasteiger partial charge in [-0.3, -0.25) is 4.79 Å². The van der Waals surface area contributed by atoms with Crippen LogP contribution < -0.4 is 15.8 Å². The van der Waals surface area contributed by atoms with Crippen molar-refractivity contribution in [2.75, 3.05) is 18.2 Å². The standard InChI is InChI=1S/C17H15N3O2/c1-22-13-8-6-12(7-9-13)19-17(21)14-10-11-4-2-3-5-15(11)20-16(14)18/h2-10H,1H3,(H2,18,20)(H,19,21). The number of fused-ring (bicyclic) bond motifs is 1. The van der Waals surface area contributed by atoms with Crippen molar-refractivity contribution < 1.29 is 9.53 Å². The lowest BCUT2D eigenvalue weighted by molar-refractivity contribution is 0.102. The number of methoxy groups -OCH3 is 1. The number of pyridine rings is 1. The molecule has 0 aliphatic rings. The molecule has 0 radical (unpaired) electrons. The summed E-state index contributed by atoms with van der Waals surface area (Å²) >= 11 is 0. The zero-order chi connectivity index (χ0) is 15.5. The van der Waals surface area contributed by atoms with E-state index in [4.69, 9.17) is 10.5 Å². The molecule has 3 N–H and O–H groups in total. The normalized spacial score (nSPS) is 10.4. The number of anilines is 2. The first-order valence-electron chi connectivity index (χ1n) is 6.78. The fraction of sp³-hybridized carbons (Fsp3) is 0.0588. The molecule has 0 unspecified atom stereocenters. The number of amides is 1. The van der Waals surface area contributed by atoms with Crippen molar-refractivity contribution in [3.8, 4) is 5.75 Å². The molecule has 0 fully saturated rings. The Morgan fingerprint density at radius 3 is 2.59 bits per heavy atom. The van der Waals surface area contributed by atoms with Gasteiger partial charge in [0.05, 0.1) is 18.2 Å². The van der Waals surface area contributed by atoms with Crippen LogP contribution in [0, 0.1) is 0 Å². The Bertz CT molecular complexity index is 829. The molecule has 0 atom stereocenters. The summed E-state index contributed by atoms with van der Waals surface area (Å²) in [6.07, 6.45) is 0. The van der Waals surface area contributed by atoms with Crippen LogP contribution in [0.1, 0.15) is 10.4 Å². The number of benzene rings is 2. The van der Waals surface area contributed by atoms with Gasteiger partial charge in [0.1, 0.15) is 11.6 Å². The zero-order valence-electron chi connectivity index (χ0n) is 12.0. The van der Waals surface area contributed by atoms with Crippen LogP contribution >= 0.6 is 0 Å². The Balaban J connectivity index is 1.89. The molecule has 0 spiro atoms. The third-order valence-electron chi connectivity index (χ3n) is 3.35. The van der Waals surface area contributed by atoms with Crippen LogP contribution in [0.15, 0.2) is 54.6 Å². The van der Waals surface area contributed by atoms with Crippen LogP contribution in [-0.4, -0.2) is 18.0 Å². The minimum absolute atomic E-state index is 0.213. The Hall–Kier alpha value is -3.08. The quantitative estimate of drug-likeness (QED) is 0.778. The van der Waals surface area contributed by atoms with Crippen LogP contribution in [0.5, 0.6) is 5.75 Å². The monoisotopic (exact) mass is 293 g/mol. The lowest BCUT2D eigenvalue weighted by Crippen LogP contribution is -2.15. The van der Waals surface area contributed by atoms with Crippen LogP contribution in [-0.2, 0) is 0 Å². The largest absolute Gasteiger partial charge is 0.497 e. The van der Waals surface area contributed by atoms with Crippen molar-refractivity contribution in [1.29, 1.82) is 0 Å². The number of nitrogen functional groups attached to an aromatic ring is 1. The Morgan fingerprint density at radius 2 is 1.86 bits per heavy atom. The first-order valence-corrected chi connectivity index (χ1v) is 6.78. The predicted molar refractivity (Wildman–Crippen MR) is 87.1 cm³/mol. The molecule has 0 aliphatic heterocycles. The maximum atomic E-state index is 12.4. The highest BCUT2D eigenvalue weighted by Gasteiger charge is 2.12. The van der Waals surface area contributed by atoms with Crippen molar-refractivity contribution in [1.82, 2.24) is 4.98 Å². The molecule has 3 rings (SSSR count). The molecule has 2 aromatic carbocycles. The highest BCUT2D eigenvalue weighted by atomic mass is 16.5. The van der Waals surface area contributed by atoms with Gasteiger partial charge < -0.3 is 15.8 Å². The zero-order valence-corrected chi connectivity index (χ0v) is 12.0. The number of aromatic nitrogens is 1. The summed E-state index contributed by atoms with van der Waals surface area (Å²) in [4.78, 5) is 16.6. The first-order chi connectivity index (χ1) is 10.7. The summed E-state index contributed by atoms with van der Waals surface area (Å²) in [6.45, 7) is 0. The summed E-state index contributed by atoms with van der Waals surface area (Å²) in [5.41, 5.74) is 7.68. The van der Waals surface area contributed by atoms with E-state index in [9.17, 15) is 4.79 Å². The molecule has 110 valence electrons. The molecule has 5 heteroatoms. The van der Waals surface area contributed by atoms with Gasteiger partial charge in [0.25, 0.3) is 5.91 Å². The lowest BCUT2D eigenvalue weighted by atomic mass is 10.1. The van der Waals surface area contributed by atoms with Crippen molar-refractivity contribution in [3.05, 3.63) is 60.2 Å². The lowest BCUT2D eigenvalue weighted by Gasteiger charge is -2.09. The highest BCUT2D eigenvalue weighted by molar-refractivity contribution is 6.09. The Kier molecular flexibility index (Phi) is 3.62. The summed E-state index contributed by atoms with van der Waals surface area (Å²) in [5, 5.41) is 3.67. The topological polar surface area (TPSA) is 77.2 Å². The van der Waals surface area contributed by atoms with E-state index in [1.54, 1.807) is 37.4 Å². The number of ether oxygens (including phenoxy) is 1. The van der Waals surface area contributed by atoms with Crippen molar-refractivity contribution in [3.63, 3.8) is 0 Å². The van der Waals surface area contributed by atoms with Crippen LogP contribution in [0.3, 0.4) is 0 Å². The van der Waals surface area contributed by atoms with Gasteiger partial charge in [0.15, 0.2) is 0 Å². The van der Waals surface area contributed by atoms with Gasteiger partial charge in [-0.05, 0) is 36.4 Å². The molecule has 3 aromatic rings. The number of rotatable bonds is 3. The van der Waals surface area contributed by atoms with Crippen LogP contribution in [0.2, 0.25) is 0 Å². The average molecular weight is 293 g/mol. The highest BCUT2D eigenvalue weighted by Crippen LogP contribution is 2.20. The average Bonchev–Trinajstić information content (AvgIpc) is 2.54. The predicted octanol–water partition coefficient (Wildman–Crippen LogP) is 3.08. The fourth-order valence-corrected chi connectivity index (χ4v) is 2.19. The number of carbonyl (C=O) groups excluding carboxylic acids is 1.